The van der Waals surface area contributed by atoms with Crippen molar-refractivity contribution in [2.45, 2.75) is 55.6 Å². The number of alkyl halides is 1. The van der Waals surface area contributed by atoms with Crippen molar-refractivity contribution in [1.29, 1.82) is 0 Å². The van der Waals surface area contributed by atoms with Gasteiger partial charge in [0.05, 0.1) is 31.6 Å². The topological polar surface area (TPSA) is 244 Å². The largest absolute Gasteiger partial charge is 0.472 e. The first-order chi connectivity index (χ1) is 21.3. The standard InChI is InChI=1S/C22H26F2N8O10P2S/c23-8-4-31(18-14(8)9(25)1-2-27-18)13-3-10-11(39-13)5-37-43(34,35)42-17-15(24)12(6-38-44(36,45)41-10)40-21(17)32-7-28-16-19(32)29-22(26)30-20(16)33/h1-2,4,7,10-15,17-18,21H,3,5-6,25H2,(H,34,35)(H,36,45)(H3,26,29,30,33)/t10-,11+,12+,13+,14?,15+,17+,18?,21+,44?/m0/s1. The first-order valence-corrected chi connectivity index (χ1v) is 17.5. The lowest BCUT2D eigenvalue weighted by Crippen LogP contribution is -2.41. The normalized spacial score (nSPS) is 42.0. The molecule has 0 aliphatic carbocycles. The number of aromatic amines is 1. The molecule has 5 aliphatic heterocycles. The van der Waals surface area contributed by atoms with Gasteiger partial charge in [-0.2, -0.15) is 4.98 Å². The number of allylic oxidation sites excluding steroid dienone is 1. The highest BCUT2D eigenvalue weighted by Gasteiger charge is 2.53. The second-order valence-electron chi connectivity index (χ2n) is 10.7. The summed E-state index contributed by atoms with van der Waals surface area (Å²) >= 11 is 5.18. The van der Waals surface area contributed by atoms with Crippen LogP contribution in [0.2, 0.25) is 0 Å². The number of aromatic nitrogens is 4. The van der Waals surface area contributed by atoms with E-state index in [1.54, 1.807) is 0 Å². The number of phosphoric ester groups is 1. The van der Waals surface area contributed by atoms with Crippen molar-refractivity contribution in [3.8, 4) is 0 Å². The van der Waals surface area contributed by atoms with Gasteiger partial charge in [0.25, 0.3) is 5.56 Å². The molecule has 244 valence electrons. The quantitative estimate of drug-likeness (QED) is 0.263. The Morgan fingerprint density at radius 1 is 1.13 bits per heavy atom. The zero-order chi connectivity index (χ0) is 31.8. The number of aliphatic imine (C=N–C) groups is 1. The van der Waals surface area contributed by atoms with Crippen LogP contribution in [-0.2, 0) is 43.9 Å². The van der Waals surface area contributed by atoms with Crippen molar-refractivity contribution in [1.82, 2.24) is 24.4 Å². The summed E-state index contributed by atoms with van der Waals surface area (Å²) in [4.78, 5) is 49.9. The SMILES string of the molecule is NC1=CC=NC2C1C(F)=CN2[C@H]1C[C@@H]2OP(O)(=S)OC[C@H]3O[C@@H](n4cnc5c(=O)[nH]c(N)nc54)[C@H](OP(=O)(O)OC[C@H]2O1)[C@@H]3F. The number of anilines is 1. The van der Waals surface area contributed by atoms with E-state index in [0.29, 0.717) is 0 Å². The third-order valence-electron chi connectivity index (χ3n) is 7.87. The molecule has 45 heavy (non-hydrogen) atoms. The Balaban J connectivity index is 1.16. The molecule has 0 radical (unpaired) electrons. The number of hydrogen-bond acceptors (Lipinski definition) is 15. The summed E-state index contributed by atoms with van der Waals surface area (Å²) in [7, 11) is -5.08. The average Bonchev–Trinajstić information content (AvgIpc) is 3.71. The summed E-state index contributed by atoms with van der Waals surface area (Å²) < 4.78 is 78.3. The van der Waals surface area contributed by atoms with Crippen LogP contribution in [0.15, 0.2) is 39.9 Å². The van der Waals surface area contributed by atoms with Crippen LogP contribution in [0.25, 0.3) is 11.2 Å². The number of phosphoric acid groups is 1. The van der Waals surface area contributed by atoms with Gasteiger partial charge < -0.3 is 44.7 Å². The van der Waals surface area contributed by atoms with Crippen LogP contribution in [0.3, 0.4) is 0 Å². The first kappa shape index (κ1) is 30.9. The Hall–Kier alpha value is -2.68. The fourth-order valence-corrected chi connectivity index (χ4v) is 8.24. The Labute approximate surface area is 256 Å². The van der Waals surface area contributed by atoms with Gasteiger partial charge in [-0.3, -0.25) is 28.4 Å². The number of halogens is 2. The van der Waals surface area contributed by atoms with Crippen molar-refractivity contribution in [3.63, 3.8) is 0 Å². The van der Waals surface area contributed by atoms with E-state index in [1.165, 1.54) is 23.4 Å². The van der Waals surface area contributed by atoms with Crippen LogP contribution in [0, 0.1) is 5.92 Å². The Morgan fingerprint density at radius 3 is 2.71 bits per heavy atom. The summed E-state index contributed by atoms with van der Waals surface area (Å²) in [6.45, 7) is -5.47. The van der Waals surface area contributed by atoms with Gasteiger partial charge >= 0.3 is 14.5 Å². The Kier molecular flexibility index (Phi) is 7.73. The molecule has 11 atom stereocenters. The van der Waals surface area contributed by atoms with Gasteiger partial charge in [0, 0.05) is 24.5 Å². The molecule has 7 heterocycles. The average molecular weight is 695 g/mol. The minimum Gasteiger partial charge on any atom is -0.401 e. The number of nitrogens with two attached hydrogens (primary N) is 2. The molecule has 0 spiro atoms. The summed E-state index contributed by atoms with van der Waals surface area (Å²) in [6, 6.07) is 0. The highest BCUT2D eigenvalue weighted by molar-refractivity contribution is 8.07. The number of nitrogens with one attached hydrogen (secondary N) is 1. The molecule has 0 aromatic carbocycles. The molecule has 5 aliphatic rings. The molecule has 3 fully saturated rings. The first-order valence-electron chi connectivity index (χ1n) is 13.4. The number of nitrogens with zero attached hydrogens (tertiary/aromatic N) is 5. The van der Waals surface area contributed by atoms with Crippen molar-refractivity contribution >= 4 is 49.7 Å². The fourth-order valence-electron chi connectivity index (χ4n) is 5.84. The second-order valence-corrected chi connectivity index (χ2v) is 14.9. The molecule has 2 aromatic rings. The van der Waals surface area contributed by atoms with E-state index in [4.69, 9.17) is 50.8 Å². The maximum absolute atomic E-state index is 15.8. The van der Waals surface area contributed by atoms with Crippen LogP contribution in [0.1, 0.15) is 12.6 Å². The molecular weight excluding hydrogens is 668 g/mol. The van der Waals surface area contributed by atoms with Crippen LogP contribution in [0.5, 0.6) is 0 Å². The van der Waals surface area contributed by atoms with Crippen LogP contribution < -0.4 is 17.0 Å². The van der Waals surface area contributed by atoms with Gasteiger partial charge in [-0.1, -0.05) is 0 Å². The summed E-state index contributed by atoms with van der Waals surface area (Å²) in [6.07, 6.45) is -5.76. The number of H-pyrrole nitrogens is 1. The molecule has 23 heteroatoms. The molecule has 7 N–H and O–H groups in total. The van der Waals surface area contributed by atoms with Gasteiger partial charge in [0.15, 0.2) is 23.6 Å². The molecule has 0 saturated carbocycles. The summed E-state index contributed by atoms with van der Waals surface area (Å²) in [5.41, 5.74) is 10.9. The lowest BCUT2D eigenvalue weighted by molar-refractivity contribution is -0.0787. The maximum atomic E-state index is 15.8. The van der Waals surface area contributed by atoms with E-state index in [2.05, 4.69) is 19.9 Å². The van der Waals surface area contributed by atoms with Crippen molar-refractivity contribution in [2.75, 3.05) is 18.9 Å². The van der Waals surface area contributed by atoms with E-state index in [9.17, 15) is 23.5 Å². The van der Waals surface area contributed by atoms with Crippen molar-refractivity contribution in [2.24, 2.45) is 16.6 Å². The number of fused-ring (bicyclic) bond motifs is 5. The molecule has 4 unspecified atom stereocenters. The predicted molar refractivity (Wildman–Crippen MR) is 152 cm³/mol. The number of hydrogen-bond donors (Lipinski definition) is 5. The van der Waals surface area contributed by atoms with E-state index in [1.807, 2.05) is 0 Å². The van der Waals surface area contributed by atoms with Gasteiger partial charge in [-0.05, 0) is 17.9 Å². The van der Waals surface area contributed by atoms with Gasteiger partial charge in [-0.25, -0.2) is 18.3 Å². The number of nitrogen functional groups attached to an aromatic ring is 1. The fraction of sp³-hybridized carbons (Fsp3) is 0.545. The minimum atomic E-state index is -5.08. The van der Waals surface area contributed by atoms with E-state index >= 15 is 4.39 Å². The molecule has 2 bridgehead atoms. The van der Waals surface area contributed by atoms with Gasteiger partial charge in [0.2, 0.25) is 5.95 Å². The number of rotatable bonds is 2. The summed E-state index contributed by atoms with van der Waals surface area (Å²) in [5.74, 6) is -1.66. The number of imidazole rings is 1. The van der Waals surface area contributed by atoms with Crippen LogP contribution in [-0.4, -0.2) is 96.6 Å². The zero-order valence-corrected chi connectivity index (χ0v) is 25.3. The molecular formula is C22H26F2N8O10P2S. The number of dihydropyridines is 1. The second kappa shape index (κ2) is 11.2. The van der Waals surface area contributed by atoms with Crippen molar-refractivity contribution in [3.05, 3.63) is 40.5 Å². The van der Waals surface area contributed by atoms with Gasteiger partial charge in [-0.15, -0.1) is 0 Å². The van der Waals surface area contributed by atoms with E-state index < -0.39 is 94.3 Å². The molecule has 3 saturated heterocycles. The van der Waals surface area contributed by atoms with Gasteiger partial charge in [0.1, 0.15) is 36.5 Å². The highest BCUT2D eigenvalue weighted by atomic mass is 32.5. The highest BCUT2D eigenvalue weighted by Crippen LogP contribution is 2.54. The smallest absolute Gasteiger partial charge is 0.401 e. The lowest BCUT2D eigenvalue weighted by atomic mass is 10.0. The molecule has 18 nitrogen and oxygen atoms in total. The van der Waals surface area contributed by atoms with E-state index in [0.717, 1.165) is 10.9 Å². The third kappa shape index (κ3) is 5.65. The van der Waals surface area contributed by atoms with Crippen LogP contribution >= 0.6 is 14.5 Å². The Morgan fingerprint density at radius 2 is 1.91 bits per heavy atom. The predicted octanol–water partition coefficient (Wildman–Crippen LogP) is 0.183. The van der Waals surface area contributed by atoms with Crippen LogP contribution in [0.4, 0.5) is 14.7 Å². The molecule has 0 amide bonds. The number of ether oxygens (including phenoxy) is 2. The maximum Gasteiger partial charge on any atom is 0.472 e. The lowest BCUT2D eigenvalue weighted by Gasteiger charge is -2.32. The van der Waals surface area contributed by atoms with Crippen molar-refractivity contribution < 1.29 is 50.7 Å². The zero-order valence-electron chi connectivity index (χ0n) is 22.7. The Bertz CT molecular complexity index is 1780. The monoisotopic (exact) mass is 694 g/mol. The molecule has 2 aromatic heterocycles. The molecule has 7 rings (SSSR count). The third-order valence-corrected chi connectivity index (χ3v) is 10.4. The summed E-state index contributed by atoms with van der Waals surface area (Å²) in [5, 5.41) is 0. The minimum absolute atomic E-state index is 0.0294. The van der Waals surface area contributed by atoms with E-state index in [-0.39, 0.29) is 29.2 Å².